The lowest BCUT2D eigenvalue weighted by atomic mass is 10.0. The molecule has 0 aliphatic rings. The zero-order valence-corrected chi connectivity index (χ0v) is 18.7. The van der Waals surface area contributed by atoms with Crippen LogP contribution in [0.4, 0.5) is 5.82 Å². The molecule has 0 radical (unpaired) electrons. The molecule has 2 aromatic carbocycles. The van der Waals surface area contributed by atoms with E-state index in [4.69, 9.17) is 23.2 Å². The number of anilines is 1. The monoisotopic (exact) mass is 471 g/mol. The van der Waals surface area contributed by atoms with Gasteiger partial charge in [-0.05, 0) is 48.2 Å². The number of pyridine rings is 1. The van der Waals surface area contributed by atoms with Gasteiger partial charge < -0.3 is 15.7 Å². The maximum atomic E-state index is 12.5. The van der Waals surface area contributed by atoms with Crippen LogP contribution in [0.2, 0.25) is 10.0 Å². The highest BCUT2D eigenvalue weighted by atomic mass is 35.5. The lowest BCUT2D eigenvalue weighted by Gasteiger charge is -2.16. The number of amides is 1. The molecule has 0 aliphatic heterocycles. The van der Waals surface area contributed by atoms with Crippen molar-refractivity contribution in [3.63, 3.8) is 0 Å². The van der Waals surface area contributed by atoms with Crippen LogP contribution in [0.25, 0.3) is 0 Å². The number of halogens is 2. The van der Waals surface area contributed by atoms with Crippen molar-refractivity contribution in [3.8, 4) is 0 Å². The number of carboxylic acid groups (broad SMARTS) is 1. The third-order valence-electron chi connectivity index (χ3n) is 4.87. The molecule has 1 unspecified atom stereocenters. The molecule has 0 bridgehead atoms. The summed E-state index contributed by atoms with van der Waals surface area (Å²) in [5.74, 6) is -0.904. The Morgan fingerprint density at radius 3 is 2.25 bits per heavy atom. The van der Waals surface area contributed by atoms with Gasteiger partial charge >= 0.3 is 5.97 Å². The van der Waals surface area contributed by atoms with Crippen LogP contribution in [0.15, 0.2) is 66.9 Å². The second-order valence-corrected chi connectivity index (χ2v) is 8.04. The number of aliphatic carboxylic acids is 1. The number of carboxylic acids is 1. The molecule has 166 valence electrons. The maximum Gasteiger partial charge on any atom is 0.326 e. The van der Waals surface area contributed by atoms with Crippen LogP contribution < -0.4 is 10.6 Å². The minimum atomic E-state index is -1.13. The number of aryl methyl sites for hydroxylation is 1. The van der Waals surface area contributed by atoms with Crippen molar-refractivity contribution < 1.29 is 14.7 Å². The van der Waals surface area contributed by atoms with Gasteiger partial charge in [-0.25, -0.2) is 9.78 Å². The summed E-state index contributed by atoms with van der Waals surface area (Å²) in [5, 5.41) is 15.7. The van der Waals surface area contributed by atoms with E-state index < -0.39 is 17.9 Å². The number of carbonyl (C=O) groups is 2. The van der Waals surface area contributed by atoms with E-state index in [-0.39, 0.29) is 22.0 Å². The summed E-state index contributed by atoms with van der Waals surface area (Å²) in [4.78, 5) is 28.5. The summed E-state index contributed by atoms with van der Waals surface area (Å²) in [6.07, 6.45) is 3.70. The van der Waals surface area contributed by atoms with E-state index in [1.165, 1.54) is 12.1 Å². The first-order valence-electron chi connectivity index (χ1n) is 10.1. The van der Waals surface area contributed by atoms with E-state index in [1.807, 2.05) is 42.5 Å². The lowest BCUT2D eigenvalue weighted by molar-refractivity contribution is -0.139. The Morgan fingerprint density at radius 2 is 1.62 bits per heavy atom. The lowest BCUT2D eigenvalue weighted by Crippen LogP contribution is -2.42. The molecule has 1 aromatic heterocycles. The van der Waals surface area contributed by atoms with Gasteiger partial charge in [-0.2, -0.15) is 0 Å². The van der Waals surface area contributed by atoms with Crippen LogP contribution in [0, 0.1) is 0 Å². The molecule has 0 fully saturated rings. The molecular formula is C24H23Cl2N3O3. The number of rotatable bonds is 10. The summed E-state index contributed by atoms with van der Waals surface area (Å²) in [5.41, 5.74) is 2.02. The maximum absolute atomic E-state index is 12.5. The van der Waals surface area contributed by atoms with Crippen molar-refractivity contribution in [3.05, 3.63) is 93.6 Å². The van der Waals surface area contributed by atoms with Gasteiger partial charge in [0.05, 0.1) is 15.6 Å². The molecule has 0 saturated heterocycles. The Bertz CT molecular complexity index is 1040. The molecule has 6 nitrogen and oxygen atoms in total. The van der Waals surface area contributed by atoms with Crippen LogP contribution in [0.1, 0.15) is 27.9 Å². The van der Waals surface area contributed by atoms with Crippen LogP contribution in [-0.4, -0.2) is 34.6 Å². The average Bonchev–Trinajstić information content (AvgIpc) is 2.78. The topological polar surface area (TPSA) is 91.3 Å². The number of carbonyl (C=O) groups excluding carboxylic acids is 1. The van der Waals surface area contributed by atoms with Crippen molar-refractivity contribution >= 4 is 40.9 Å². The molecule has 1 amide bonds. The number of nitrogens with zero attached hydrogens (tertiary/aromatic N) is 1. The first-order valence-corrected chi connectivity index (χ1v) is 10.9. The summed E-state index contributed by atoms with van der Waals surface area (Å²) < 4.78 is 0. The van der Waals surface area contributed by atoms with E-state index in [0.717, 1.165) is 36.3 Å². The van der Waals surface area contributed by atoms with Crippen molar-refractivity contribution in [2.24, 2.45) is 0 Å². The van der Waals surface area contributed by atoms with Gasteiger partial charge in [0.25, 0.3) is 5.91 Å². The zero-order chi connectivity index (χ0) is 22.9. The van der Waals surface area contributed by atoms with E-state index in [9.17, 15) is 14.7 Å². The standard InChI is InChI=1S/C24H23Cl2N3O3/c25-18-6-3-7-19(26)22(18)23(30)29-20(24(31)32)15-17-11-9-16(10-12-17)5-4-14-28-21-8-1-2-13-27-21/h1-3,6-13,20H,4-5,14-15H2,(H,27,28)(H,29,30)(H,31,32). The second-order valence-electron chi connectivity index (χ2n) is 7.23. The van der Waals surface area contributed by atoms with Gasteiger partial charge in [-0.1, -0.05) is 59.6 Å². The van der Waals surface area contributed by atoms with E-state index in [0.29, 0.717) is 0 Å². The van der Waals surface area contributed by atoms with Crippen LogP contribution >= 0.6 is 23.2 Å². The third-order valence-corrected chi connectivity index (χ3v) is 5.50. The quantitative estimate of drug-likeness (QED) is 0.367. The molecule has 0 saturated carbocycles. The predicted molar refractivity (Wildman–Crippen MR) is 127 cm³/mol. The Labute approximate surface area is 196 Å². The molecular weight excluding hydrogens is 449 g/mol. The van der Waals surface area contributed by atoms with Crippen LogP contribution in [0.3, 0.4) is 0 Å². The first-order chi connectivity index (χ1) is 15.4. The Morgan fingerprint density at radius 1 is 0.938 bits per heavy atom. The molecule has 32 heavy (non-hydrogen) atoms. The average molecular weight is 472 g/mol. The van der Waals surface area contributed by atoms with E-state index >= 15 is 0 Å². The van der Waals surface area contributed by atoms with Crippen molar-refractivity contribution in [1.29, 1.82) is 0 Å². The number of aromatic nitrogens is 1. The zero-order valence-electron chi connectivity index (χ0n) is 17.2. The largest absolute Gasteiger partial charge is 0.480 e. The number of nitrogens with one attached hydrogen (secondary N) is 2. The molecule has 3 rings (SSSR count). The fourth-order valence-corrected chi connectivity index (χ4v) is 3.77. The summed E-state index contributed by atoms with van der Waals surface area (Å²) in [7, 11) is 0. The summed E-state index contributed by atoms with van der Waals surface area (Å²) in [6.45, 7) is 0.802. The molecule has 1 atom stereocenters. The molecule has 1 heterocycles. The number of benzene rings is 2. The molecule has 8 heteroatoms. The van der Waals surface area contributed by atoms with Crippen molar-refractivity contribution in [2.45, 2.75) is 25.3 Å². The van der Waals surface area contributed by atoms with Gasteiger partial charge in [-0.15, -0.1) is 0 Å². The Balaban J connectivity index is 1.53. The number of hydrogen-bond donors (Lipinski definition) is 3. The van der Waals surface area contributed by atoms with Crippen molar-refractivity contribution in [1.82, 2.24) is 10.3 Å². The second kappa shape index (κ2) is 11.5. The predicted octanol–water partition coefficient (Wildman–Crippen LogP) is 4.86. The highest BCUT2D eigenvalue weighted by Gasteiger charge is 2.23. The minimum absolute atomic E-state index is 0.0664. The molecule has 3 aromatic rings. The molecule has 0 aliphatic carbocycles. The van der Waals surface area contributed by atoms with Crippen LogP contribution in [0.5, 0.6) is 0 Å². The minimum Gasteiger partial charge on any atom is -0.480 e. The van der Waals surface area contributed by atoms with Crippen LogP contribution in [-0.2, 0) is 17.6 Å². The molecule has 0 spiro atoms. The Hall–Kier alpha value is -3.09. The normalized spacial score (nSPS) is 11.6. The number of hydrogen-bond acceptors (Lipinski definition) is 4. The first kappa shape index (κ1) is 23.6. The highest BCUT2D eigenvalue weighted by Crippen LogP contribution is 2.24. The van der Waals surface area contributed by atoms with Gasteiger partial charge in [-0.3, -0.25) is 4.79 Å². The molecule has 3 N–H and O–H groups in total. The van der Waals surface area contributed by atoms with Gasteiger partial charge in [0.2, 0.25) is 0 Å². The summed E-state index contributed by atoms with van der Waals surface area (Å²) in [6, 6.07) is 17.0. The Kier molecular flexibility index (Phi) is 8.48. The summed E-state index contributed by atoms with van der Waals surface area (Å²) >= 11 is 12.1. The van der Waals surface area contributed by atoms with E-state index in [1.54, 1.807) is 12.3 Å². The van der Waals surface area contributed by atoms with Gasteiger partial charge in [0, 0.05) is 19.2 Å². The SMILES string of the molecule is O=C(NC(Cc1ccc(CCCNc2ccccn2)cc1)C(=O)O)c1c(Cl)cccc1Cl. The van der Waals surface area contributed by atoms with E-state index in [2.05, 4.69) is 15.6 Å². The fourth-order valence-electron chi connectivity index (χ4n) is 3.20. The van der Waals surface area contributed by atoms with Gasteiger partial charge in [0.15, 0.2) is 0 Å². The fraction of sp³-hybridized carbons (Fsp3) is 0.208. The highest BCUT2D eigenvalue weighted by molar-refractivity contribution is 6.39. The van der Waals surface area contributed by atoms with Gasteiger partial charge in [0.1, 0.15) is 11.9 Å². The van der Waals surface area contributed by atoms with Crippen molar-refractivity contribution in [2.75, 3.05) is 11.9 Å². The smallest absolute Gasteiger partial charge is 0.326 e. The third kappa shape index (κ3) is 6.70.